The van der Waals surface area contributed by atoms with E-state index in [2.05, 4.69) is 12.2 Å². The highest BCUT2D eigenvalue weighted by atomic mass is 35.5. The van der Waals surface area contributed by atoms with E-state index < -0.39 is 0 Å². The van der Waals surface area contributed by atoms with Gasteiger partial charge in [-0.25, -0.2) is 0 Å². The van der Waals surface area contributed by atoms with Crippen LogP contribution in [-0.4, -0.2) is 36.3 Å². The van der Waals surface area contributed by atoms with E-state index in [0.29, 0.717) is 16.5 Å². The summed E-state index contributed by atoms with van der Waals surface area (Å²) in [7, 11) is 0. The van der Waals surface area contributed by atoms with Gasteiger partial charge in [0.1, 0.15) is 0 Å². The lowest BCUT2D eigenvalue weighted by Crippen LogP contribution is -2.51. The van der Waals surface area contributed by atoms with Gasteiger partial charge in [-0.2, -0.15) is 0 Å². The molecule has 0 atom stereocenters. The molecule has 1 aliphatic heterocycles. The number of nitrogens with one attached hydrogen (secondary N) is 1. The Kier molecular flexibility index (Phi) is 4.32. The Bertz CT molecular complexity index is 513. The Morgan fingerprint density at radius 3 is 2.63 bits per heavy atom. The third-order valence-corrected chi connectivity index (χ3v) is 3.54. The molecule has 1 aromatic carbocycles. The number of carbonyl (C=O) groups is 2. The lowest BCUT2D eigenvalue weighted by atomic mass is 10.0. The molecular weight excluding hydrogens is 287 g/mol. The van der Waals surface area contributed by atoms with Crippen LogP contribution in [0.2, 0.25) is 10.0 Å². The smallest absolute Gasteiger partial charge is 0.253 e. The zero-order chi connectivity index (χ0) is 14.0. The third kappa shape index (κ3) is 3.39. The molecule has 1 N–H and O–H groups in total. The first kappa shape index (κ1) is 14.2. The predicted octanol–water partition coefficient (Wildman–Crippen LogP) is 2.20. The van der Waals surface area contributed by atoms with E-state index in [1.807, 2.05) is 0 Å². The number of carbonyl (C=O) groups excluding carboxylic acids is 2. The Balaban J connectivity index is 1.89. The van der Waals surface area contributed by atoms with E-state index in [4.69, 9.17) is 23.2 Å². The van der Waals surface area contributed by atoms with Crippen molar-refractivity contribution in [1.29, 1.82) is 0 Å². The van der Waals surface area contributed by atoms with Gasteiger partial charge in [-0.15, -0.1) is 0 Å². The van der Waals surface area contributed by atoms with Crippen molar-refractivity contribution in [3.63, 3.8) is 0 Å². The zero-order valence-corrected chi connectivity index (χ0v) is 12.0. The monoisotopic (exact) mass is 300 g/mol. The number of rotatable bonds is 3. The standard InChI is InChI=1S/C13H14Cl2N2O2/c1-8-6-17(7-8)12(18)5-16-13(19)10-3-2-9(14)4-11(10)15/h2-4,8H,5-7H2,1H3,(H,16,19). The van der Waals surface area contributed by atoms with Crippen LogP contribution in [-0.2, 0) is 4.79 Å². The van der Waals surface area contributed by atoms with Gasteiger partial charge in [-0.05, 0) is 24.1 Å². The van der Waals surface area contributed by atoms with Crippen molar-refractivity contribution in [3.8, 4) is 0 Å². The van der Waals surface area contributed by atoms with Crippen molar-refractivity contribution in [2.75, 3.05) is 19.6 Å². The van der Waals surface area contributed by atoms with Crippen molar-refractivity contribution in [2.24, 2.45) is 5.92 Å². The van der Waals surface area contributed by atoms with Gasteiger partial charge in [-0.3, -0.25) is 9.59 Å². The van der Waals surface area contributed by atoms with Gasteiger partial charge in [0.25, 0.3) is 5.91 Å². The summed E-state index contributed by atoms with van der Waals surface area (Å²) in [6.45, 7) is 3.59. The predicted molar refractivity (Wildman–Crippen MR) is 74.5 cm³/mol. The molecule has 0 unspecified atom stereocenters. The fraction of sp³-hybridized carbons (Fsp3) is 0.385. The first-order chi connectivity index (χ1) is 8.97. The van der Waals surface area contributed by atoms with E-state index in [0.717, 1.165) is 13.1 Å². The molecule has 4 nitrogen and oxygen atoms in total. The average Bonchev–Trinajstić information content (AvgIpc) is 2.31. The van der Waals surface area contributed by atoms with Crippen LogP contribution in [0.1, 0.15) is 17.3 Å². The zero-order valence-electron chi connectivity index (χ0n) is 10.5. The normalized spacial score (nSPS) is 15.0. The number of nitrogens with zero attached hydrogens (tertiary/aromatic N) is 1. The number of hydrogen-bond acceptors (Lipinski definition) is 2. The van der Waals surface area contributed by atoms with Crippen molar-refractivity contribution >= 4 is 35.0 Å². The minimum Gasteiger partial charge on any atom is -0.343 e. The summed E-state index contributed by atoms with van der Waals surface area (Å²) in [5.41, 5.74) is 0.316. The van der Waals surface area contributed by atoms with E-state index in [-0.39, 0.29) is 23.4 Å². The molecule has 0 aromatic heterocycles. The summed E-state index contributed by atoms with van der Waals surface area (Å²) in [6, 6.07) is 4.62. The van der Waals surface area contributed by atoms with E-state index in [1.54, 1.807) is 11.0 Å². The molecule has 1 heterocycles. The number of halogens is 2. The summed E-state index contributed by atoms with van der Waals surface area (Å²) in [5.74, 6) is 0.102. The molecule has 2 rings (SSSR count). The Labute approximate surface area is 121 Å². The maximum absolute atomic E-state index is 11.9. The molecule has 1 aliphatic rings. The Hall–Kier alpha value is -1.26. The van der Waals surface area contributed by atoms with Crippen molar-refractivity contribution in [2.45, 2.75) is 6.92 Å². The van der Waals surface area contributed by atoms with E-state index in [9.17, 15) is 9.59 Å². The van der Waals surface area contributed by atoms with Crippen LogP contribution in [0.4, 0.5) is 0 Å². The fourth-order valence-corrected chi connectivity index (χ4v) is 2.43. The minimum absolute atomic E-state index is 0.00942. The summed E-state index contributed by atoms with van der Waals surface area (Å²) >= 11 is 11.7. The number of hydrogen-bond donors (Lipinski definition) is 1. The highest BCUT2D eigenvalue weighted by molar-refractivity contribution is 6.36. The lowest BCUT2D eigenvalue weighted by Gasteiger charge is -2.37. The maximum Gasteiger partial charge on any atom is 0.253 e. The van der Waals surface area contributed by atoms with Gasteiger partial charge in [-0.1, -0.05) is 30.1 Å². The van der Waals surface area contributed by atoms with Crippen LogP contribution in [0.25, 0.3) is 0 Å². The lowest BCUT2D eigenvalue weighted by molar-refractivity contribution is -0.135. The molecule has 0 spiro atoms. The average molecular weight is 301 g/mol. The van der Waals surface area contributed by atoms with Crippen LogP contribution in [0.5, 0.6) is 0 Å². The van der Waals surface area contributed by atoms with Crippen LogP contribution in [0, 0.1) is 5.92 Å². The van der Waals surface area contributed by atoms with Gasteiger partial charge in [0.15, 0.2) is 0 Å². The topological polar surface area (TPSA) is 49.4 Å². The van der Waals surface area contributed by atoms with Gasteiger partial charge >= 0.3 is 0 Å². The minimum atomic E-state index is -0.372. The van der Waals surface area contributed by atoms with Crippen LogP contribution < -0.4 is 5.32 Å². The molecule has 6 heteroatoms. The summed E-state index contributed by atoms with van der Waals surface area (Å²) in [4.78, 5) is 25.3. The maximum atomic E-state index is 11.9. The van der Waals surface area contributed by atoms with Gasteiger partial charge in [0.2, 0.25) is 5.91 Å². The second kappa shape index (κ2) is 5.80. The largest absolute Gasteiger partial charge is 0.343 e. The number of benzene rings is 1. The summed E-state index contributed by atoms with van der Waals surface area (Å²) < 4.78 is 0. The molecule has 0 saturated carbocycles. The van der Waals surface area contributed by atoms with E-state index in [1.165, 1.54) is 12.1 Å². The Morgan fingerprint density at radius 1 is 1.37 bits per heavy atom. The molecule has 1 fully saturated rings. The summed E-state index contributed by atoms with van der Waals surface area (Å²) in [6.07, 6.45) is 0. The second-order valence-corrected chi connectivity index (χ2v) is 5.55. The quantitative estimate of drug-likeness (QED) is 0.930. The molecule has 0 aliphatic carbocycles. The molecule has 0 radical (unpaired) electrons. The van der Waals surface area contributed by atoms with Gasteiger partial charge < -0.3 is 10.2 Å². The van der Waals surface area contributed by atoms with Crippen molar-refractivity contribution in [3.05, 3.63) is 33.8 Å². The van der Waals surface area contributed by atoms with Crippen LogP contribution in [0.15, 0.2) is 18.2 Å². The highest BCUT2D eigenvalue weighted by Gasteiger charge is 2.27. The third-order valence-electron chi connectivity index (χ3n) is 2.99. The number of likely N-dealkylation sites (tertiary alicyclic amines) is 1. The molecule has 19 heavy (non-hydrogen) atoms. The first-order valence-corrected chi connectivity index (χ1v) is 6.74. The number of amides is 2. The molecular formula is C13H14Cl2N2O2. The molecule has 1 saturated heterocycles. The van der Waals surface area contributed by atoms with E-state index >= 15 is 0 Å². The van der Waals surface area contributed by atoms with Crippen LogP contribution >= 0.6 is 23.2 Å². The summed E-state index contributed by atoms with van der Waals surface area (Å²) in [5, 5.41) is 3.30. The SMILES string of the molecule is CC1CN(C(=O)CNC(=O)c2ccc(Cl)cc2Cl)C1. The first-order valence-electron chi connectivity index (χ1n) is 5.98. The van der Waals surface area contributed by atoms with Crippen molar-refractivity contribution < 1.29 is 9.59 Å². The van der Waals surface area contributed by atoms with Crippen LogP contribution in [0.3, 0.4) is 0 Å². The Morgan fingerprint density at radius 2 is 2.05 bits per heavy atom. The van der Waals surface area contributed by atoms with Crippen molar-refractivity contribution in [1.82, 2.24) is 10.2 Å². The highest BCUT2D eigenvalue weighted by Crippen LogP contribution is 2.20. The molecule has 1 aromatic rings. The fourth-order valence-electron chi connectivity index (χ4n) is 1.94. The second-order valence-electron chi connectivity index (χ2n) is 4.71. The van der Waals surface area contributed by atoms with Gasteiger partial charge in [0.05, 0.1) is 17.1 Å². The molecule has 102 valence electrons. The molecule has 2 amide bonds. The molecule has 0 bridgehead atoms. The van der Waals surface area contributed by atoms with Gasteiger partial charge in [0, 0.05) is 18.1 Å².